The molecule has 0 radical (unpaired) electrons. The highest BCUT2D eigenvalue weighted by atomic mass is 32.1. The van der Waals surface area contributed by atoms with Crippen LogP contribution >= 0.6 is 22.7 Å². The van der Waals surface area contributed by atoms with E-state index in [1.807, 2.05) is 0 Å². The number of carbonyl (C=O) groups is 3. The fourth-order valence-electron chi connectivity index (χ4n) is 4.61. The Labute approximate surface area is 225 Å². The Bertz CT molecular complexity index is 1300. The molecule has 4 rings (SSSR count). The van der Waals surface area contributed by atoms with Gasteiger partial charge < -0.3 is 15.3 Å². The largest absolute Gasteiger partial charge is 0.477 e. The summed E-state index contributed by atoms with van der Waals surface area (Å²) in [6.07, 6.45) is -4.28. The number of alkyl halides is 3. The lowest BCUT2D eigenvalue weighted by atomic mass is 9.81. The van der Waals surface area contributed by atoms with E-state index in [9.17, 15) is 32.7 Å². The van der Waals surface area contributed by atoms with E-state index in [1.54, 1.807) is 55.1 Å². The third-order valence-corrected chi connectivity index (χ3v) is 8.30. The number of carbonyl (C=O) groups excluding carboxylic acids is 2. The lowest BCUT2D eigenvalue weighted by Gasteiger charge is -2.34. The Balaban J connectivity index is 1.56. The van der Waals surface area contributed by atoms with Gasteiger partial charge in [0.25, 0.3) is 5.91 Å². The SMILES string of the molecule is CC(C)N(C(=O)C1CCC(C(F)(F)F)CC1)c1cc(-c2ccc(NC(=O)c3cscn3)cc2)sc1C(=O)O. The van der Waals surface area contributed by atoms with Gasteiger partial charge in [0, 0.05) is 27.9 Å². The molecule has 1 aromatic carbocycles. The van der Waals surface area contributed by atoms with Gasteiger partial charge in [-0.2, -0.15) is 13.2 Å². The first-order valence-electron chi connectivity index (χ1n) is 12.0. The standard InChI is InChI=1S/C26H26F3N3O4S2/c1-14(2)32(24(34)16-3-7-17(8-4-16)26(27,28)29)20-11-21(38-22(20)25(35)36)15-5-9-18(10-6-15)31-23(33)19-12-37-13-30-19/h5-6,9-14,16-17H,3-4,7-8H2,1-2H3,(H,31,33)(H,35,36). The van der Waals surface area contributed by atoms with Crippen molar-refractivity contribution >= 4 is 51.8 Å². The van der Waals surface area contributed by atoms with Gasteiger partial charge in [0.2, 0.25) is 5.91 Å². The molecule has 0 spiro atoms. The summed E-state index contributed by atoms with van der Waals surface area (Å²) in [6.45, 7) is 3.50. The molecule has 2 heterocycles. The number of carboxylic acid groups (broad SMARTS) is 1. The summed E-state index contributed by atoms with van der Waals surface area (Å²) in [6, 6.07) is 8.08. The van der Waals surface area contributed by atoms with Crippen molar-refractivity contribution < 1.29 is 32.7 Å². The van der Waals surface area contributed by atoms with Crippen molar-refractivity contribution in [2.75, 3.05) is 10.2 Å². The number of hydrogen-bond acceptors (Lipinski definition) is 6. The smallest absolute Gasteiger partial charge is 0.391 e. The van der Waals surface area contributed by atoms with Crippen LogP contribution in [0.3, 0.4) is 0 Å². The van der Waals surface area contributed by atoms with Crippen molar-refractivity contribution in [1.29, 1.82) is 0 Å². The van der Waals surface area contributed by atoms with E-state index in [1.165, 1.54) is 16.2 Å². The van der Waals surface area contributed by atoms with Crippen LogP contribution in [-0.4, -0.2) is 40.1 Å². The molecule has 7 nitrogen and oxygen atoms in total. The Morgan fingerprint density at radius 2 is 1.76 bits per heavy atom. The number of halogens is 3. The lowest BCUT2D eigenvalue weighted by Crippen LogP contribution is -2.43. The van der Waals surface area contributed by atoms with Gasteiger partial charge in [-0.25, -0.2) is 9.78 Å². The molecular weight excluding hydrogens is 539 g/mol. The molecule has 2 amide bonds. The Morgan fingerprint density at radius 3 is 2.29 bits per heavy atom. The topological polar surface area (TPSA) is 99.6 Å². The Kier molecular flexibility index (Phi) is 8.22. The molecule has 0 bridgehead atoms. The number of aromatic nitrogens is 1. The summed E-state index contributed by atoms with van der Waals surface area (Å²) in [4.78, 5) is 43.8. The molecule has 3 aromatic rings. The highest BCUT2D eigenvalue weighted by Gasteiger charge is 2.43. The molecule has 2 N–H and O–H groups in total. The number of amides is 2. The number of hydrogen-bond donors (Lipinski definition) is 2. The maximum atomic E-state index is 13.5. The fourth-order valence-corrected chi connectivity index (χ4v) is 6.13. The first kappa shape index (κ1) is 27.8. The monoisotopic (exact) mass is 565 g/mol. The van der Waals surface area contributed by atoms with Crippen molar-refractivity contribution in [2.24, 2.45) is 11.8 Å². The molecular formula is C26H26F3N3O4S2. The van der Waals surface area contributed by atoms with Crippen LogP contribution in [0.5, 0.6) is 0 Å². The summed E-state index contributed by atoms with van der Waals surface area (Å²) in [7, 11) is 0. The first-order valence-corrected chi connectivity index (χ1v) is 13.8. The highest BCUT2D eigenvalue weighted by Crippen LogP contribution is 2.42. The molecule has 0 atom stereocenters. The molecule has 0 aliphatic heterocycles. The average Bonchev–Trinajstić information content (AvgIpc) is 3.55. The number of aromatic carboxylic acids is 1. The minimum Gasteiger partial charge on any atom is -0.477 e. The molecule has 202 valence electrons. The third-order valence-electron chi connectivity index (χ3n) is 6.55. The van der Waals surface area contributed by atoms with Gasteiger partial charge in [-0.3, -0.25) is 9.59 Å². The maximum absolute atomic E-state index is 13.5. The molecule has 38 heavy (non-hydrogen) atoms. The molecule has 2 aromatic heterocycles. The van der Waals surface area contributed by atoms with Crippen LogP contribution in [-0.2, 0) is 4.79 Å². The summed E-state index contributed by atoms with van der Waals surface area (Å²) >= 11 is 2.32. The van der Waals surface area contributed by atoms with Crippen LogP contribution in [0.25, 0.3) is 10.4 Å². The summed E-state index contributed by atoms with van der Waals surface area (Å²) < 4.78 is 39.3. The highest BCUT2D eigenvalue weighted by molar-refractivity contribution is 7.18. The van der Waals surface area contributed by atoms with Gasteiger partial charge in [-0.05, 0) is 63.3 Å². The number of carboxylic acids is 1. The van der Waals surface area contributed by atoms with Gasteiger partial charge in [0.1, 0.15) is 10.6 Å². The van der Waals surface area contributed by atoms with E-state index < -0.39 is 30.0 Å². The first-order chi connectivity index (χ1) is 18.0. The molecule has 1 fully saturated rings. The minimum absolute atomic E-state index is 0.0214. The number of anilines is 2. The summed E-state index contributed by atoms with van der Waals surface area (Å²) in [5, 5.41) is 14.3. The number of nitrogens with zero attached hydrogens (tertiary/aromatic N) is 2. The molecule has 1 saturated carbocycles. The molecule has 0 unspecified atom stereocenters. The van der Waals surface area contributed by atoms with Crippen LogP contribution in [0.15, 0.2) is 41.2 Å². The van der Waals surface area contributed by atoms with E-state index in [2.05, 4.69) is 10.3 Å². The summed E-state index contributed by atoms with van der Waals surface area (Å²) in [5.41, 5.74) is 3.33. The summed E-state index contributed by atoms with van der Waals surface area (Å²) in [5.74, 6) is -3.90. The van der Waals surface area contributed by atoms with Crippen molar-refractivity contribution in [3.8, 4) is 10.4 Å². The van der Waals surface area contributed by atoms with Crippen LogP contribution in [0.1, 0.15) is 59.7 Å². The Hall–Kier alpha value is -3.25. The number of benzene rings is 1. The molecule has 0 saturated heterocycles. The Morgan fingerprint density at radius 1 is 1.11 bits per heavy atom. The minimum atomic E-state index is -4.27. The van der Waals surface area contributed by atoms with Crippen LogP contribution < -0.4 is 10.2 Å². The van der Waals surface area contributed by atoms with E-state index >= 15 is 0 Å². The zero-order valence-corrected chi connectivity index (χ0v) is 22.3. The van der Waals surface area contributed by atoms with Crippen molar-refractivity contribution in [1.82, 2.24) is 4.98 Å². The predicted octanol–water partition coefficient (Wildman–Crippen LogP) is 6.93. The number of thiophene rings is 1. The third kappa shape index (κ3) is 6.07. The fraction of sp³-hybridized carbons (Fsp3) is 0.385. The second-order valence-corrected chi connectivity index (χ2v) is 11.2. The van der Waals surface area contributed by atoms with Gasteiger partial charge >= 0.3 is 12.1 Å². The van der Waals surface area contributed by atoms with Crippen molar-refractivity contribution in [3.63, 3.8) is 0 Å². The number of thiazole rings is 1. The van der Waals surface area contributed by atoms with Crippen LogP contribution in [0, 0.1) is 11.8 Å². The molecule has 1 aliphatic rings. The number of rotatable bonds is 7. The molecule has 1 aliphatic carbocycles. The van der Waals surface area contributed by atoms with E-state index in [-0.39, 0.29) is 48.1 Å². The average molecular weight is 566 g/mol. The van der Waals surface area contributed by atoms with E-state index in [0.717, 1.165) is 11.3 Å². The zero-order chi connectivity index (χ0) is 27.6. The van der Waals surface area contributed by atoms with Gasteiger partial charge in [-0.15, -0.1) is 22.7 Å². The quantitative estimate of drug-likeness (QED) is 0.324. The van der Waals surface area contributed by atoms with E-state index in [0.29, 0.717) is 21.8 Å². The van der Waals surface area contributed by atoms with Gasteiger partial charge in [-0.1, -0.05) is 12.1 Å². The van der Waals surface area contributed by atoms with Crippen molar-refractivity contribution in [3.05, 3.63) is 51.8 Å². The second kappa shape index (κ2) is 11.2. The maximum Gasteiger partial charge on any atom is 0.391 e. The van der Waals surface area contributed by atoms with Crippen molar-refractivity contribution in [2.45, 2.75) is 51.7 Å². The molecule has 12 heteroatoms. The van der Waals surface area contributed by atoms with Gasteiger partial charge in [0.05, 0.1) is 17.1 Å². The number of nitrogens with one attached hydrogen (secondary N) is 1. The zero-order valence-electron chi connectivity index (χ0n) is 20.6. The van der Waals surface area contributed by atoms with Crippen LogP contribution in [0.2, 0.25) is 0 Å². The predicted molar refractivity (Wildman–Crippen MR) is 141 cm³/mol. The normalized spacial score (nSPS) is 17.8. The lowest BCUT2D eigenvalue weighted by molar-refractivity contribution is -0.184. The van der Waals surface area contributed by atoms with Gasteiger partial charge in [0.15, 0.2) is 0 Å². The van der Waals surface area contributed by atoms with Crippen LogP contribution in [0.4, 0.5) is 24.5 Å². The second-order valence-electron chi connectivity index (χ2n) is 9.43. The van der Waals surface area contributed by atoms with E-state index in [4.69, 9.17) is 0 Å².